The summed E-state index contributed by atoms with van der Waals surface area (Å²) in [5, 5.41) is 0.961. The second-order valence-corrected chi connectivity index (χ2v) is 7.03. The molecule has 4 aromatic rings. The molecule has 2 heterocycles. The average molecular weight is 358 g/mol. The van der Waals surface area contributed by atoms with Crippen molar-refractivity contribution in [3.63, 3.8) is 0 Å². The molecule has 4 rings (SSSR count). The van der Waals surface area contributed by atoms with Crippen LogP contribution in [0.4, 0.5) is 8.78 Å². The van der Waals surface area contributed by atoms with Gasteiger partial charge >= 0.3 is 6.55 Å². The number of aromatic nitrogens is 3. The number of halogens is 2. The number of para-hydroxylation sites is 3. The summed E-state index contributed by atoms with van der Waals surface area (Å²) in [6, 6.07) is 14.9. The van der Waals surface area contributed by atoms with Crippen LogP contribution >= 0.6 is 11.3 Å². The van der Waals surface area contributed by atoms with Gasteiger partial charge in [0.05, 0.1) is 34.3 Å². The molecule has 0 fully saturated rings. The topological polar surface area (TPSA) is 34.0 Å². The Morgan fingerprint density at radius 1 is 1.00 bits per heavy atom. The molecule has 0 spiro atoms. The third-order valence-corrected chi connectivity index (χ3v) is 5.04. The van der Waals surface area contributed by atoms with Crippen molar-refractivity contribution < 1.29 is 8.78 Å². The zero-order valence-electron chi connectivity index (χ0n) is 13.6. The Balaban J connectivity index is 1.59. The Morgan fingerprint density at radius 3 is 2.48 bits per heavy atom. The first-order valence-corrected chi connectivity index (χ1v) is 8.70. The molecular formula is C18H16F2N4S. The Bertz CT molecular complexity index is 991. The quantitative estimate of drug-likeness (QED) is 0.520. The lowest BCUT2D eigenvalue weighted by Gasteiger charge is -2.15. The molecule has 0 N–H and O–H groups in total. The van der Waals surface area contributed by atoms with E-state index >= 15 is 0 Å². The van der Waals surface area contributed by atoms with Crippen LogP contribution in [-0.4, -0.2) is 26.5 Å². The van der Waals surface area contributed by atoms with Gasteiger partial charge in [0, 0.05) is 0 Å². The summed E-state index contributed by atoms with van der Waals surface area (Å²) in [5.74, 6) is 0.361. The van der Waals surface area contributed by atoms with Crippen LogP contribution in [0.15, 0.2) is 48.5 Å². The van der Waals surface area contributed by atoms with E-state index in [4.69, 9.17) is 0 Å². The van der Waals surface area contributed by atoms with Crippen molar-refractivity contribution in [3.05, 3.63) is 59.4 Å². The summed E-state index contributed by atoms with van der Waals surface area (Å²) in [6.45, 7) is -1.70. The van der Waals surface area contributed by atoms with E-state index in [1.54, 1.807) is 35.6 Å². The monoisotopic (exact) mass is 358 g/mol. The summed E-state index contributed by atoms with van der Waals surface area (Å²) in [7, 11) is 1.89. The van der Waals surface area contributed by atoms with Gasteiger partial charge in [-0.3, -0.25) is 9.47 Å². The lowest BCUT2D eigenvalue weighted by atomic mass is 10.3. The van der Waals surface area contributed by atoms with Crippen molar-refractivity contribution in [1.29, 1.82) is 0 Å². The number of rotatable bonds is 5. The second-order valence-electron chi connectivity index (χ2n) is 5.91. The minimum Gasteiger partial charge on any atom is -0.292 e. The maximum atomic E-state index is 13.5. The minimum atomic E-state index is -2.61. The molecule has 0 atom stereocenters. The van der Waals surface area contributed by atoms with Gasteiger partial charge in [-0.25, -0.2) is 9.97 Å². The molecular weight excluding hydrogens is 342 g/mol. The Kier molecular flexibility index (Phi) is 4.19. The molecule has 0 saturated heterocycles. The molecule has 0 amide bonds. The number of imidazole rings is 1. The molecule has 0 bridgehead atoms. The third kappa shape index (κ3) is 3.12. The van der Waals surface area contributed by atoms with Gasteiger partial charge in [0.15, 0.2) is 0 Å². The van der Waals surface area contributed by atoms with E-state index in [-0.39, 0.29) is 0 Å². The summed E-state index contributed by atoms with van der Waals surface area (Å²) in [4.78, 5) is 10.9. The van der Waals surface area contributed by atoms with Crippen LogP contribution in [-0.2, 0) is 13.1 Å². The SMILES string of the molecule is CN(Cc1nc2ccccc2s1)Cc1nc2ccccc2n1C(F)F. The third-order valence-electron chi connectivity index (χ3n) is 4.02. The van der Waals surface area contributed by atoms with Crippen molar-refractivity contribution >= 4 is 32.6 Å². The first kappa shape index (κ1) is 16.1. The molecule has 0 radical (unpaired) electrons. The molecule has 0 aliphatic rings. The van der Waals surface area contributed by atoms with Crippen molar-refractivity contribution in [2.75, 3.05) is 7.05 Å². The molecule has 0 aliphatic carbocycles. The maximum absolute atomic E-state index is 13.5. The molecule has 25 heavy (non-hydrogen) atoms. The van der Waals surface area contributed by atoms with Gasteiger partial charge in [-0.15, -0.1) is 11.3 Å². The second kappa shape index (κ2) is 6.50. The van der Waals surface area contributed by atoms with Crippen LogP contribution < -0.4 is 0 Å². The normalized spacial score (nSPS) is 12.0. The first-order valence-electron chi connectivity index (χ1n) is 7.89. The lowest BCUT2D eigenvalue weighted by Crippen LogP contribution is -2.20. The summed E-state index contributed by atoms with van der Waals surface area (Å²) >= 11 is 1.62. The maximum Gasteiger partial charge on any atom is 0.320 e. The van der Waals surface area contributed by atoms with Crippen molar-refractivity contribution in [3.8, 4) is 0 Å². The first-order chi connectivity index (χ1) is 12.1. The molecule has 7 heteroatoms. The highest BCUT2D eigenvalue weighted by molar-refractivity contribution is 7.18. The minimum absolute atomic E-state index is 0.328. The fraction of sp³-hybridized carbons (Fsp3) is 0.222. The van der Waals surface area contributed by atoms with E-state index in [0.717, 1.165) is 19.8 Å². The van der Waals surface area contributed by atoms with E-state index in [0.29, 0.717) is 29.9 Å². The van der Waals surface area contributed by atoms with Gasteiger partial charge in [0.2, 0.25) is 0 Å². The van der Waals surface area contributed by atoms with Gasteiger partial charge in [0.1, 0.15) is 10.8 Å². The average Bonchev–Trinajstić information content (AvgIpc) is 3.14. The van der Waals surface area contributed by atoms with E-state index in [9.17, 15) is 8.78 Å². The molecule has 0 unspecified atom stereocenters. The van der Waals surface area contributed by atoms with Crippen LogP contribution in [0.5, 0.6) is 0 Å². The molecule has 0 saturated carbocycles. The van der Waals surface area contributed by atoms with Crippen LogP contribution in [0.1, 0.15) is 17.4 Å². The van der Waals surface area contributed by atoms with Gasteiger partial charge in [-0.2, -0.15) is 8.78 Å². The van der Waals surface area contributed by atoms with Crippen LogP contribution in [0, 0.1) is 0 Å². The van der Waals surface area contributed by atoms with Crippen molar-refractivity contribution in [1.82, 2.24) is 19.4 Å². The van der Waals surface area contributed by atoms with E-state index in [1.807, 2.05) is 36.2 Å². The van der Waals surface area contributed by atoms with E-state index in [1.165, 1.54) is 0 Å². The fourth-order valence-corrected chi connectivity index (χ4v) is 3.99. The van der Waals surface area contributed by atoms with Crippen LogP contribution in [0.2, 0.25) is 0 Å². The predicted molar refractivity (Wildman–Crippen MR) is 95.8 cm³/mol. The van der Waals surface area contributed by atoms with E-state index in [2.05, 4.69) is 9.97 Å². The number of hydrogen-bond donors (Lipinski definition) is 0. The zero-order valence-corrected chi connectivity index (χ0v) is 14.4. The Labute approximate surface area is 147 Å². The molecule has 128 valence electrons. The number of fused-ring (bicyclic) bond motifs is 2. The number of hydrogen-bond acceptors (Lipinski definition) is 4. The highest BCUT2D eigenvalue weighted by atomic mass is 32.1. The van der Waals surface area contributed by atoms with Crippen molar-refractivity contribution in [2.24, 2.45) is 0 Å². The smallest absolute Gasteiger partial charge is 0.292 e. The number of nitrogens with zero attached hydrogens (tertiary/aromatic N) is 4. The number of alkyl halides is 2. The Morgan fingerprint density at radius 2 is 1.72 bits per heavy atom. The summed E-state index contributed by atoms with van der Waals surface area (Å²) < 4.78 is 29.1. The zero-order chi connectivity index (χ0) is 17.4. The molecule has 0 aliphatic heterocycles. The standard InChI is InChI=1S/C18H16F2N4S/c1-23(11-17-22-13-7-3-5-9-15(13)25-17)10-16-21-12-6-2-4-8-14(12)24(16)18(19)20/h2-9,18H,10-11H2,1H3. The van der Waals surface area contributed by atoms with Gasteiger partial charge in [-0.1, -0.05) is 24.3 Å². The summed E-state index contributed by atoms with van der Waals surface area (Å²) in [6.07, 6.45) is 0. The van der Waals surface area contributed by atoms with Gasteiger partial charge in [0.25, 0.3) is 0 Å². The fourth-order valence-electron chi connectivity index (χ4n) is 2.94. The Hall–Kier alpha value is -2.38. The number of thiazole rings is 1. The summed E-state index contributed by atoms with van der Waals surface area (Å²) in [5.41, 5.74) is 2.02. The molecule has 2 aromatic heterocycles. The van der Waals surface area contributed by atoms with Crippen LogP contribution in [0.3, 0.4) is 0 Å². The highest BCUT2D eigenvalue weighted by Gasteiger charge is 2.19. The molecule has 2 aromatic carbocycles. The van der Waals surface area contributed by atoms with Crippen molar-refractivity contribution in [2.45, 2.75) is 19.6 Å². The van der Waals surface area contributed by atoms with E-state index < -0.39 is 6.55 Å². The largest absolute Gasteiger partial charge is 0.320 e. The van der Waals surface area contributed by atoms with Crippen LogP contribution in [0.25, 0.3) is 21.3 Å². The predicted octanol–water partition coefficient (Wildman–Crippen LogP) is 4.67. The molecule has 4 nitrogen and oxygen atoms in total. The highest BCUT2D eigenvalue weighted by Crippen LogP contribution is 2.25. The number of benzene rings is 2. The lowest BCUT2D eigenvalue weighted by molar-refractivity contribution is 0.0689. The van der Waals surface area contributed by atoms with Gasteiger partial charge in [-0.05, 0) is 31.3 Å². The van der Waals surface area contributed by atoms with Gasteiger partial charge < -0.3 is 0 Å².